The topological polar surface area (TPSA) is 38.5 Å². The second kappa shape index (κ2) is 8.09. The van der Waals surface area contributed by atoms with Gasteiger partial charge < -0.3 is 15.4 Å². The summed E-state index contributed by atoms with van der Waals surface area (Å²) < 4.78 is 5.64. The van der Waals surface area contributed by atoms with Gasteiger partial charge >= 0.3 is 0 Å². The second-order valence-corrected chi connectivity index (χ2v) is 4.42. The van der Waals surface area contributed by atoms with Crippen molar-refractivity contribution in [1.29, 1.82) is 0 Å². The lowest BCUT2D eigenvalue weighted by Gasteiger charge is -2.24. The third kappa shape index (κ3) is 5.71. The van der Waals surface area contributed by atoms with Gasteiger partial charge in [0.1, 0.15) is 5.75 Å². The van der Waals surface area contributed by atoms with Gasteiger partial charge in [-0.3, -0.25) is 0 Å². The molecule has 0 heterocycles. The van der Waals surface area contributed by atoms with Gasteiger partial charge in [-0.2, -0.15) is 0 Å². The van der Waals surface area contributed by atoms with Gasteiger partial charge in [0, 0.05) is 12.6 Å². The average molecular weight is 236 g/mol. The molecular formula is C14H24N2O. The molecule has 96 valence electrons. The number of hydrogen-bond acceptors (Lipinski definition) is 3. The Balaban J connectivity index is 2.12. The van der Waals surface area contributed by atoms with E-state index in [4.69, 9.17) is 10.5 Å². The summed E-state index contributed by atoms with van der Waals surface area (Å²) in [6.07, 6.45) is 2.09. The van der Waals surface area contributed by atoms with Crippen LogP contribution in [0.5, 0.6) is 5.75 Å². The van der Waals surface area contributed by atoms with Crippen LogP contribution in [0.4, 0.5) is 0 Å². The lowest BCUT2D eigenvalue weighted by molar-refractivity contribution is 0.218. The van der Waals surface area contributed by atoms with E-state index >= 15 is 0 Å². The fraction of sp³-hybridized carbons (Fsp3) is 0.571. The van der Waals surface area contributed by atoms with Crippen LogP contribution in [0.2, 0.25) is 0 Å². The summed E-state index contributed by atoms with van der Waals surface area (Å²) in [7, 11) is 2.14. The zero-order valence-electron chi connectivity index (χ0n) is 10.9. The van der Waals surface area contributed by atoms with E-state index in [2.05, 4.69) is 18.9 Å². The third-order valence-corrected chi connectivity index (χ3v) is 3.00. The van der Waals surface area contributed by atoms with E-state index in [1.807, 2.05) is 30.3 Å². The standard InChI is InChI=1S/C14H24N2O/c1-13(9-10-15)16(2)11-6-12-17-14-7-4-3-5-8-14/h3-5,7-8,13H,6,9-12,15H2,1-2H3. The lowest BCUT2D eigenvalue weighted by atomic mass is 10.2. The smallest absolute Gasteiger partial charge is 0.119 e. The number of rotatable bonds is 8. The molecule has 0 saturated carbocycles. The third-order valence-electron chi connectivity index (χ3n) is 3.00. The first kappa shape index (κ1) is 14.0. The van der Waals surface area contributed by atoms with Gasteiger partial charge in [0.25, 0.3) is 0 Å². The molecule has 1 aromatic rings. The number of para-hydroxylation sites is 1. The van der Waals surface area contributed by atoms with Gasteiger partial charge in [0.15, 0.2) is 0 Å². The van der Waals surface area contributed by atoms with E-state index in [-0.39, 0.29) is 0 Å². The molecule has 0 aliphatic carbocycles. The molecule has 1 rings (SSSR count). The molecule has 1 atom stereocenters. The Labute approximate surface area is 105 Å². The lowest BCUT2D eigenvalue weighted by Crippen LogP contribution is -2.32. The molecule has 0 aromatic heterocycles. The van der Waals surface area contributed by atoms with Crippen LogP contribution in [-0.4, -0.2) is 37.7 Å². The van der Waals surface area contributed by atoms with Crippen LogP contribution < -0.4 is 10.5 Å². The Morgan fingerprint density at radius 1 is 1.29 bits per heavy atom. The van der Waals surface area contributed by atoms with Crippen LogP contribution in [0.1, 0.15) is 19.8 Å². The molecule has 3 nitrogen and oxygen atoms in total. The monoisotopic (exact) mass is 236 g/mol. The predicted molar refractivity (Wildman–Crippen MR) is 72.3 cm³/mol. The number of hydrogen-bond donors (Lipinski definition) is 1. The summed E-state index contributed by atoms with van der Waals surface area (Å²) >= 11 is 0. The Kier molecular flexibility index (Phi) is 6.67. The second-order valence-electron chi connectivity index (χ2n) is 4.42. The normalized spacial score (nSPS) is 12.7. The molecule has 0 bridgehead atoms. The van der Waals surface area contributed by atoms with Gasteiger partial charge in [-0.1, -0.05) is 18.2 Å². The van der Waals surface area contributed by atoms with Crippen LogP contribution in [0.15, 0.2) is 30.3 Å². The number of nitrogens with two attached hydrogens (primary N) is 1. The largest absolute Gasteiger partial charge is 0.494 e. The molecule has 17 heavy (non-hydrogen) atoms. The highest BCUT2D eigenvalue weighted by atomic mass is 16.5. The molecule has 1 aromatic carbocycles. The van der Waals surface area contributed by atoms with Crippen molar-refractivity contribution in [1.82, 2.24) is 4.90 Å². The first-order chi connectivity index (χ1) is 8.24. The molecule has 0 aliphatic rings. The molecule has 2 N–H and O–H groups in total. The van der Waals surface area contributed by atoms with Crippen molar-refractivity contribution in [2.75, 3.05) is 26.7 Å². The molecule has 3 heteroatoms. The number of nitrogens with zero attached hydrogens (tertiary/aromatic N) is 1. The minimum atomic E-state index is 0.553. The summed E-state index contributed by atoms with van der Waals surface area (Å²) in [6.45, 7) is 4.79. The maximum absolute atomic E-state index is 5.64. The minimum Gasteiger partial charge on any atom is -0.494 e. The molecule has 1 unspecified atom stereocenters. The fourth-order valence-electron chi connectivity index (χ4n) is 1.70. The van der Waals surface area contributed by atoms with Gasteiger partial charge in [-0.15, -0.1) is 0 Å². The molecular weight excluding hydrogens is 212 g/mol. The first-order valence-electron chi connectivity index (χ1n) is 6.32. The molecule has 0 spiro atoms. The highest BCUT2D eigenvalue weighted by molar-refractivity contribution is 5.20. The van der Waals surface area contributed by atoms with Crippen LogP contribution in [0, 0.1) is 0 Å². The van der Waals surface area contributed by atoms with Crippen LogP contribution in [0.25, 0.3) is 0 Å². The van der Waals surface area contributed by atoms with E-state index < -0.39 is 0 Å². The Morgan fingerprint density at radius 2 is 2.00 bits per heavy atom. The Hall–Kier alpha value is -1.06. The van der Waals surface area contributed by atoms with Crippen molar-refractivity contribution in [3.8, 4) is 5.75 Å². The van der Waals surface area contributed by atoms with Crippen LogP contribution >= 0.6 is 0 Å². The summed E-state index contributed by atoms with van der Waals surface area (Å²) in [4.78, 5) is 2.33. The summed E-state index contributed by atoms with van der Waals surface area (Å²) in [5, 5.41) is 0. The van der Waals surface area contributed by atoms with Gasteiger partial charge in [-0.25, -0.2) is 0 Å². The van der Waals surface area contributed by atoms with E-state index in [1.54, 1.807) is 0 Å². The van der Waals surface area contributed by atoms with Crippen LogP contribution in [-0.2, 0) is 0 Å². The number of benzene rings is 1. The summed E-state index contributed by atoms with van der Waals surface area (Å²) in [6, 6.07) is 10.5. The van der Waals surface area contributed by atoms with E-state index in [0.717, 1.165) is 38.3 Å². The van der Waals surface area contributed by atoms with Crippen molar-refractivity contribution in [2.45, 2.75) is 25.8 Å². The van der Waals surface area contributed by atoms with Crippen molar-refractivity contribution in [3.05, 3.63) is 30.3 Å². The first-order valence-corrected chi connectivity index (χ1v) is 6.32. The van der Waals surface area contributed by atoms with Gasteiger partial charge in [0.05, 0.1) is 6.61 Å². The highest BCUT2D eigenvalue weighted by Crippen LogP contribution is 2.08. The summed E-state index contributed by atoms with van der Waals surface area (Å²) in [5.41, 5.74) is 5.55. The number of ether oxygens (including phenoxy) is 1. The van der Waals surface area contributed by atoms with Gasteiger partial charge in [0.2, 0.25) is 0 Å². The van der Waals surface area contributed by atoms with Crippen LogP contribution in [0.3, 0.4) is 0 Å². The van der Waals surface area contributed by atoms with E-state index in [0.29, 0.717) is 6.04 Å². The van der Waals surface area contributed by atoms with Crippen molar-refractivity contribution in [3.63, 3.8) is 0 Å². The van der Waals surface area contributed by atoms with Crippen molar-refractivity contribution < 1.29 is 4.74 Å². The van der Waals surface area contributed by atoms with Gasteiger partial charge in [-0.05, 0) is 45.5 Å². The average Bonchev–Trinajstić information content (AvgIpc) is 2.36. The minimum absolute atomic E-state index is 0.553. The maximum atomic E-state index is 5.64. The van der Waals surface area contributed by atoms with Crippen molar-refractivity contribution in [2.24, 2.45) is 5.73 Å². The summed E-state index contributed by atoms with van der Waals surface area (Å²) in [5.74, 6) is 0.949. The van der Waals surface area contributed by atoms with E-state index in [1.165, 1.54) is 0 Å². The zero-order chi connectivity index (χ0) is 12.5. The molecule has 0 aliphatic heterocycles. The molecule has 0 amide bonds. The van der Waals surface area contributed by atoms with E-state index in [9.17, 15) is 0 Å². The molecule has 0 fully saturated rings. The molecule has 0 radical (unpaired) electrons. The Morgan fingerprint density at radius 3 is 2.65 bits per heavy atom. The SMILES string of the molecule is CC(CCN)N(C)CCCOc1ccccc1. The maximum Gasteiger partial charge on any atom is 0.119 e. The quantitative estimate of drug-likeness (QED) is 0.703. The zero-order valence-corrected chi connectivity index (χ0v) is 10.9. The predicted octanol–water partition coefficient (Wildman–Crippen LogP) is 2.12. The fourth-order valence-corrected chi connectivity index (χ4v) is 1.70. The van der Waals surface area contributed by atoms with Crippen molar-refractivity contribution >= 4 is 0 Å². The molecule has 0 saturated heterocycles. The Bertz CT molecular complexity index is 290. The highest BCUT2D eigenvalue weighted by Gasteiger charge is 2.07.